The number of piperazine rings is 1. The van der Waals surface area contributed by atoms with E-state index in [-0.39, 0.29) is 37.0 Å². The fraction of sp³-hybridized carbons (Fsp3) is 0.559. The monoisotopic (exact) mass is 729 g/mol. The van der Waals surface area contributed by atoms with Crippen LogP contribution in [0, 0.1) is 0 Å². The minimum Gasteiger partial charge on any atom is -0.496 e. The molecule has 0 aliphatic carbocycles. The van der Waals surface area contributed by atoms with Crippen molar-refractivity contribution < 1.29 is 34.4 Å². The predicted molar refractivity (Wildman–Crippen MR) is 196 cm³/mol. The summed E-state index contributed by atoms with van der Waals surface area (Å²) in [4.78, 5) is 49.6. The van der Waals surface area contributed by atoms with Gasteiger partial charge in [-0.25, -0.2) is 4.98 Å². The highest BCUT2D eigenvalue weighted by Gasteiger charge is 2.26. The standard InChI is InChI=1S/C34H51N9O7S/c1-3-4-5-10-37-31-30-25(39-34(36)40-31)9-12-43(30)20-23-17-22(6-7-26(23)50-2)19-41-13-15-42(16-14-41)28(44)8-11-38-32(47)27(18-29(45)46)51-21-24(35)33(48)49/h6-7,9,12,17,24,27,29,45-46H,3-5,8,10-11,13-16,18-21,35H2,1-2H3,(H,38,47)(H,48,49)(H3,36,37,39,40)/t24-,27-/m0/s1. The quantitative estimate of drug-likeness (QED) is 0.0636. The highest BCUT2D eigenvalue weighted by molar-refractivity contribution is 8.00. The van der Waals surface area contributed by atoms with Crippen molar-refractivity contribution in [1.29, 1.82) is 0 Å². The molecule has 9 N–H and O–H groups in total. The molecule has 0 bridgehead atoms. The Morgan fingerprint density at radius 2 is 1.82 bits per heavy atom. The molecule has 4 rings (SSSR count). The number of thioether (sulfide) groups is 1. The van der Waals surface area contributed by atoms with Crippen LogP contribution < -0.4 is 26.8 Å². The van der Waals surface area contributed by atoms with Crippen LogP contribution in [-0.2, 0) is 27.5 Å². The van der Waals surface area contributed by atoms with E-state index in [1.54, 1.807) is 12.0 Å². The number of nitrogens with zero attached hydrogens (tertiary/aromatic N) is 5. The molecule has 0 unspecified atom stereocenters. The van der Waals surface area contributed by atoms with Crippen LogP contribution in [0.1, 0.15) is 50.2 Å². The first-order valence-corrected chi connectivity index (χ1v) is 18.3. The van der Waals surface area contributed by atoms with Crippen molar-refractivity contribution in [2.24, 2.45) is 5.73 Å². The molecule has 2 amide bonds. The third kappa shape index (κ3) is 11.7. The number of carboxylic acids is 1. The van der Waals surface area contributed by atoms with Crippen molar-refractivity contribution in [1.82, 2.24) is 29.7 Å². The number of nitrogens with one attached hydrogen (secondary N) is 2. The van der Waals surface area contributed by atoms with Crippen LogP contribution in [0.4, 0.5) is 11.8 Å². The minimum atomic E-state index is -1.75. The van der Waals surface area contributed by atoms with Crippen molar-refractivity contribution >= 4 is 52.3 Å². The number of fused-ring (bicyclic) bond motifs is 1. The van der Waals surface area contributed by atoms with E-state index in [2.05, 4.69) is 49.1 Å². The molecular formula is C34H51N9O7S. The number of methoxy groups -OCH3 is 1. The first-order valence-electron chi connectivity index (χ1n) is 17.2. The number of unbranched alkanes of at least 4 members (excludes halogenated alkanes) is 2. The molecule has 17 heteroatoms. The van der Waals surface area contributed by atoms with Crippen LogP contribution in [0.15, 0.2) is 30.5 Å². The minimum absolute atomic E-state index is 0.0721. The number of ether oxygens (including phenoxy) is 1. The van der Waals surface area contributed by atoms with Crippen molar-refractivity contribution in [3.05, 3.63) is 41.6 Å². The van der Waals surface area contributed by atoms with Crippen molar-refractivity contribution in [2.45, 2.75) is 69.7 Å². The third-order valence-corrected chi connectivity index (χ3v) is 10.0. The van der Waals surface area contributed by atoms with E-state index in [1.807, 2.05) is 18.3 Å². The summed E-state index contributed by atoms with van der Waals surface area (Å²) in [6.07, 6.45) is 3.32. The van der Waals surface area contributed by atoms with Crippen molar-refractivity contribution in [3.8, 4) is 5.75 Å². The van der Waals surface area contributed by atoms with Gasteiger partial charge in [-0.1, -0.05) is 25.8 Å². The zero-order valence-corrected chi connectivity index (χ0v) is 30.1. The Balaban J connectivity index is 1.30. The first-order chi connectivity index (χ1) is 24.5. The molecule has 0 radical (unpaired) electrons. The Bertz CT molecular complexity index is 1610. The number of aliphatic carboxylic acids is 1. The molecule has 1 fully saturated rings. The maximum atomic E-state index is 12.9. The van der Waals surface area contributed by atoms with E-state index in [0.717, 1.165) is 65.5 Å². The Labute approximate surface area is 301 Å². The second kappa shape index (κ2) is 19.4. The number of nitrogens with two attached hydrogens (primary N) is 2. The molecule has 0 spiro atoms. The molecule has 16 nitrogen and oxygen atoms in total. The molecule has 2 atom stereocenters. The zero-order valence-electron chi connectivity index (χ0n) is 29.3. The molecule has 1 aromatic carbocycles. The van der Waals surface area contributed by atoms with Gasteiger partial charge in [0.05, 0.1) is 24.4 Å². The van der Waals surface area contributed by atoms with Crippen LogP contribution in [0.3, 0.4) is 0 Å². The summed E-state index contributed by atoms with van der Waals surface area (Å²) < 4.78 is 7.83. The molecule has 51 heavy (non-hydrogen) atoms. The molecule has 1 saturated heterocycles. The highest BCUT2D eigenvalue weighted by atomic mass is 32.2. The summed E-state index contributed by atoms with van der Waals surface area (Å²) in [5.41, 5.74) is 15.3. The van der Waals surface area contributed by atoms with E-state index in [0.29, 0.717) is 45.1 Å². The number of carboxylic acid groups (broad SMARTS) is 1. The molecular weight excluding hydrogens is 678 g/mol. The van der Waals surface area contributed by atoms with Gasteiger partial charge >= 0.3 is 5.97 Å². The highest BCUT2D eigenvalue weighted by Crippen LogP contribution is 2.28. The smallest absolute Gasteiger partial charge is 0.321 e. The summed E-state index contributed by atoms with van der Waals surface area (Å²) in [5.74, 6) is -0.171. The van der Waals surface area contributed by atoms with Crippen LogP contribution in [0.2, 0.25) is 0 Å². The van der Waals surface area contributed by atoms with Crippen LogP contribution in [-0.4, -0.2) is 127 Å². The van der Waals surface area contributed by atoms with Crippen LogP contribution >= 0.6 is 11.8 Å². The summed E-state index contributed by atoms with van der Waals surface area (Å²) in [7, 11) is 1.66. The summed E-state index contributed by atoms with van der Waals surface area (Å²) in [6.45, 7) is 6.75. The van der Waals surface area contributed by atoms with Crippen molar-refractivity contribution in [2.75, 3.05) is 63.2 Å². The Hall–Kier alpha value is -4.16. The van der Waals surface area contributed by atoms with Gasteiger partial charge in [0.1, 0.15) is 17.3 Å². The van der Waals surface area contributed by atoms with E-state index < -0.39 is 29.5 Å². The number of carbonyl (C=O) groups is 3. The lowest BCUT2D eigenvalue weighted by atomic mass is 10.1. The van der Waals surface area contributed by atoms with Gasteiger partial charge in [0, 0.05) is 76.2 Å². The van der Waals surface area contributed by atoms with E-state index >= 15 is 0 Å². The first kappa shape index (κ1) is 39.6. The van der Waals surface area contributed by atoms with Crippen LogP contribution in [0.25, 0.3) is 11.0 Å². The fourth-order valence-electron chi connectivity index (χ4n) is 5.91. The predicted octanol–water partition coefficient (Wildman–Crippen LogP) is 1.04. The van der Waals surface area contributed by atoms with Gasteiger partial charge in [-0.3, -0.25) is 19.3 Å². The maximum Gasteiger partial charge on any atom is 0.321 e. The lowest BCUT2D eigenvalue weighted by molar-refractivity contribution is -0.138. The lowest BCUT2D eigenvalue weighted by Crippen LogP contribution is -2.49. The lowest BCUT2D eigenvalue weighted by Gasteiger charge is -2.35. The molecule has 280 valence electrons. The average Bonchev–Trinajstić information content (AvgIpc) is 3.50. The second-order valence-corrected chi connectivity index (χ2v) is 13.8. The van der Waals surface area contributed by atoms with Gasteiger partial charge in [0.15, 0.2) is 12.1 Å². The van der Waals surface area contributed by atoms with Gasteiger partial charge in [0.25, 0.3) is 0 Å². The number of aliphatic hydroxyl groups is 2. The third-order valence-electron chi connectivity index (χ3n) is 8.67. The second-order valence-electron chi connectivity index (χ2n) is 12.6. The maximum absolute atomic E-state index is 12.9. The number of nitrogen functional groups attached to an aromatic ring is 1. The topological polar surface area (TPSA) is 234 Å². The largest absolute Gasteiger partial charge is 0.496 e. The SMILES string of the molecule is CCCCCNc1nc(N)nc2ccn(Cc3cc(CN4CCN(C(=O)CCNC(=O)[C@H](CC(O)O)SC[C@H](N)C(=O)O)CC4)ccc3OC)c12. The Morgan fingerprint density at radius 1 is 1.06 bits per heavy atom. The number of carbonyl (C=O) groups excluding carboxylic acids is 2. The van der Waals surface area contributed by atoms with E-state index in [4.69, 9.17) is 21.3 Å². The number of amides is 2. The number of aliphatic hydroxyl groups excluding tert-OH is 1. The number of aromatic nitrogens is 3. The number of anilines is 2. The van der Waals surface area contributed by atoms with Gasteiger partial charge in [-0.05, 0) is 30.2 Å². The number of hydrogen-bond acceptors (Lipinski definition) is 13. The summed E-state index contributed by atoms with van der Waals surface area (Å²) in [5, 5.41) is 32.9. The molecule has 1 aliphatic rings. The summed E-state index contributed by atoms with van der Waals surface area (Å²) in [6, 6.07) is 6.93. The van der Waals surface area contributed by atoms with Gasteiger partial charge in [-0.15, -0.1) is 11.8 Å². The molecule has 3 heterocycles. The Morgan fingerprint density at radius 3 is 2.51 bits per heavy atom. The Kier molecular flexibility index (Phi) is 15.1. The molecule has 3 aromatic rings. The van der Waals surface area contributed by atoms with E-state index in [1.165, 1.54) is 0 Å². The number of benzene rings is 1. The molecule has 0 saturated carbocycles. The van der Waals surface area contributed by atoms with Gasteiger partial charge in [-0.2, -0.15) is 4.98 Å². The summed E-state index contributed by atoms with van der Waals surface area (Å²) >= 11 is 0.932. The number of hydrogen-bond donors (Lipinski definition) is 7. The average molecular weight is 730 g/mol. The zero-order chi connectivity index (χ0) is 36.9. The van der Waals surface area contributed by atoms with E-state index in [9.17, 15) is 24.6 Å². The number of rotatable bonds is 20. The fourth-order valence-corrected chi connectivity index (χ4v) is 7.04. The molecule has 1 aliphatic heterocycles. The normalized spacial score (nSPS) is 14.8. The van der Waals surface area contributed by atoms with Crippen LogP contribution in [0.5, 0.6) is 5.75 Å². The molecule has 2 aromatic heterocycles. The van der Waals surface area contributed by atoms with Gasteiger partial charge in [0.2, 0.25) is 17.8 Å². The van der Waals surface area contributed by atoms with Crippen molar-refractivity contribution in [3.63, 3.8) is 0 Å². The van der Waals surface area contributed by atoms with Gasteiger partial charge < -0.3 is 51.6 Å².